The Labute approximate surface area is 200 Å². The van der Waals surface area contributed by atoms with Gasteiger partial charge in [-0.05, 0) is 79.0 Å². The zero-order chi connectivity index (χ0) is 23.5. The van der Waals surface area contributed by atoms with Gasteiger partial charge in [0.05, 0.1) is 11.6 Å². The fourth-order valence-electron chi connectivity index (χ4n) is 5.06. The highest BCUT2D eigenvalue weighted by Gasteiger charge is 2.44. The summed E-state index contributed by atoms with van der Waals surface area (Å²) >= 11 is 0. The van der Waals surface area contributed by atoms with Crippen LogP contribution in [0.5, 0.6) is 0 Å². The number of aliphatic hydroxyl groups is 1. The minimum atomic E-state index is -0.880. The molecule has 1 unspecified atom stereocenters. The Morgan fingerprint density at radius 3 is 2.12 bits per heavy atom. The quantitative estimate of drug-likeness (QED) is 0.517. The first kappa shape index (κ1) is 22.8. The highest BCUT2D eigenvalue weighted by molar-refractivity contribution is 5.95. The van der Waals surface area contributed by atoms with E-state index in [-0.39, 0.29) is 17.8 Å². The maximum Gasteiger partial charge on any atom is 0.242 e. The molecule has 176 valence electrons. The van der Waals surface area contributed by atoms with Crippen LogP contribution < -0.4 is 5.32 Å². The van der Waals surface area contributed by atoms with Crippen molar-refractivity contribution < 1.29 is 14.3 Å². The molecular formula is C29H31FN2O2. The second-order valence-corrected chi connectivity index (χ2v) is 9.71. The second kappa shape index (κ2) is 9.69. The van der Waals surface area contributed by atoms with Crippen LogP contribution in [0.4, 0.5) is 10.1 Å². The van der Waals surface area contributed by atoms with Gasteiger partial charge in [0.1, 0.15) is 5.82 Å². The fraction of sp³-hybridized carbons (Fsp3) is 0.345. The SMILES string of the molecule is O=C(Nc1ccccc1)C(C1CC1)N1CCC(O)(c2ccc(Cc3ccc(F)cc3)cc2)CC1. The number of carbonyl (C=O) groups is 1. The van der Waals surface area contributed by atoms with Gasteiger partial charge in [0.2, 0.25) is 5.91 Å². The molecule has 1 aliphatic heterocycles. The standard InChI is InChI=1S/C29H31FN2O2/c30-25-14-8-22(9-15-25)20-21-6-12-24(13-7-21)29(34)16-18-32(19-17-29)27(23-10-11-23)28(33)31-26-4-2-1-3-5-26/h1-9,12-15,23,27,34H,10-11,16-20H2,(H,31,33). The van der Waals surface area contributed by atoms with Crippen molar-refractivity contribution in [1.82, 2.24) is 4.90 Å². The Hall–Kier alpha value is -3.02. The van der Waals surface area contributed by atoms with Crippen molar-refractivity contribution in [3.8, 4) is 0 Å². The van der Waals surface area contributed by atoms with Gasteiger partial charge in [-0.3, -0.25) is 9.69 Å². The van der Waals surface area contributed by atoms with Crippen LogP contribution in [0.25, 0.3) is 0 Å². The minimum Gasteiger partial charge on any atom is -0.385 e. The molecule has 0 aromatic heterocycles. The monoisotopic (exact) mass is 458 g/mol. The third-order valence-corrected chi connectivity index (χ3v) is 7.21. The second-order valence-electron chi connectivity index (χ2n) is 9.71. The van der Waals surface area contributed by atoms with Crippen molar-refractivity contribution in [3.63, 3.8) is 0 Å². The molecule has 34 heavy (non-hydrogen) atoms. The van der Waals surface area contributed by atoms with Gasteiger partial charge in [0.25, 0.3) is 0 Å². The van der Waals surface area contributed by atoms with Crippen LogP contribution in [-0.4, -0.2) is 35.0 Å². The van der Waals surface area contributed by atoms with Crippen molar-refractivity contribution >= 4 is 11.6 Å². The first-order valence-corrected chi connectivity index (χ1v) is 12.2. The van der Waals surface area contributed by atoms with Crippen LogP contribution >= 0.6 is 0 Å². The summed E-state index contributed by atoms with van der Waals surface area (Å²) in [4.78, 5) is 15.4. The van der Waals surface area contributed by atoms with E-state index in [1.54, 1.807) is 12.1 Å². The van der Waals surface area contributed by atoms with E-state index < -0.39 is 5.60 Å². The summed E-state index contributed by atoms with van der Waals surface area (Å²) < 4.78 is 13.1. The van der Waals surface area contributed by atoms with Crippen molar-refractivity contribution in [1.29, 1.82) is 0 Å². The van der Waals surface area contributed by atoms with Gasteiger partial charge < -0.3 is 10.4 Å². The summed E-state index contributed by atoms with van der Waals surface area (Å²) in [5.74, 6) is 0.235. The molecule has 1 saturated heterocycles. The number of amides is 1. The molecule has 1 heterocycles. The van der Waals surface area contributed by atoms with Crippen LogP contribution in [0.15, 0.2) is 78.9 Å². The van der Waals surface area contributed by atoms with Crippen LogP contribution in [0.2, 0.25) is 0 Å². The van der Waals surface area contributed by atoms with E-state index in [1.165, 1.54) is 12.1 Å². The summed E-state index contributed by atoms with van der Waals surface area (Å²) in [7, 11) is 0. The average molecular weight is 459 g/mol. The van der Waals surface area contributed by atoms with Gasteiger partial charge >= 0.3 is 0 Å². The highest BCUT2D eigenvalue weighted by Crippen LogP contribution is 2.40. The smallest absolute Gasteiger partial charge is 0.242 e. The molecule has 5 rings (SSSR count). The molecule has 1 atom stereocenters. The van der Waals surface area contributed by atoms with Crippen LogP contribution in [-0.2, 0) is 16.8 Å². The molecule has 0 radical (unpaired) electrons. The minimum absolute atomic E-state index is 0.0595. The average Bonchev–Trinajstić information content (AvgIpc) is 3.68. The molecule has 5 heteroatoms. The van der Waals surface area contributed by atoms with Gasteiger partial charge in [0.15, 0.2) is 0 Å². The number of piperidine rings is 1. The van der Waals surface area contributed by atoms with Crippen LogP contribution in [0.1, 0.15) is 42.4 Å². The van der Waals surface area contributed by atoms with Gasteiger partial charge in [-0.15, -0.1) is 0 Å². The maximum absolute atomic E-state index is 13.1. The number of para-hydroxylation sites is 1. The van der Waals surface area contributed by atoms with E-state index >= 15 is 0 Å². The summed E-state index contributed by atoms with van der Waals surface area (Å²) in [5.41, 5.74) is 3.05. The predicted molar refractivity (Wildman–Crippen MR) is 132 cm³/mol. The number of hydrogen-bond acceptors (Lipinski definition) is 3. The van der Waals surface area contributed by atoms with Gasteiger partial charge in [-0.25, -0.2) is 4.39 Å². The summed E-state index contributed by atoms with van der Waals surface area (Å²) in [6.07, 6.45) is 4.11. The topological polar surface area (TPSA) is 52.6 Å². The van der Waals surface area contributed by atoms with E-state index in [9.17, 15) is 14.3 Å². The Bertz CT molecular complexity index is 1100. The number of carbonyl (C=O) groups excluding carboxylic acids is 1. The molecule has 1 amide bonds. The van der Waals surface area contributed by atoms with E-state index in [0.29, 0.717) is 31.8 Å². The van der Waals surface area contributed by atoms with Gasteiger partial charge in [-0.1, -0.05) is 54.6 Å². The van der Waals surface area contributed by atoms with E-state index in [2.05, 4.69) is 10.2 Å². The molecule has 4 nitrogen and oxygen atoms in total. The van der Waals surface area contributed by atoms with Gasteiger partial charge in [0, 0.05) is 18.8 Å². The molecular weight excluding hydrogens is 427 g/mol. The number of nitrogens with zero attached hydrogens (tertiary/aromatic N) is 1. The van der Waals surface area contributed by atoms with Crippen molar-refractivity contribution in [2.45, 2.75) is 43.7 Å². The summed E-state index contributed by atoms with van der Waals surface area (Å²) in [6, 6.07) is 24.2. The van der Waals surface area contributed by atoms with E-state index in [0.717, 1.165) is 41.6 Å². The molecule has 1 saturated carbocycles. The third kappa shape index (κ3) is 5.21. The zero-order valence-corrected chi connectivity index (χ0v) is 19.3. The normalized spacial score (nSPS) is 18.9. The maximum atomic E-state index is 13.1. The van der Waals surface area contributed by atoms with Crippen molar-refractivity contribution in [2.75, 3.05) is 18.4 Å². The molecule has 2 fully saturated rings. The number of benzene rings is 3. The lowest BCUT2D eigenvalue weighted by molar-refractivity contribution is -0.124. The lowest BCUT2D eigenvalue weighted by Crippen LogP contribution is -2.52. The predicted octanol–water partition coefficient (Wildman–Crippen LogP) is 5.12. The number of halogens is 1. The molecule has 2 aliphatic rings. The third-order valence-electron chi connectivity index (χ3n) is 7.21. The Balaban J connectivity index is 1.21. The molecule has 0 bridgehead atoms. The zero-order valence-electron chi connectivity index (χ0n) is 19.3. The number of rotatable bonds is 7. The number of nitrogens with one attached hydrogen (secondary N) is 1. The van der Waals surface area contributed by atoms with Crippen molar-refractivity contribution in [3.05, 3.63) is 101 Å². The van der Waals surface area contributed by atoms with Gasteiger partial charge in [-0.2, -0.15) is 0 Å². The van der Waals surface area contributed by atoms with E-state index in [4.69, 9.17) is 0 Å². The molecule has 2 N–H and O–H groups in total. The summed E-state index contributed by atoms with van der Waals surface area (Å²) in [5, 5.41) is 14.5. The van der Waals surface area contributed by atoms with Crippen LogP contribution in [0, 0.1) is 11.7 Å². The first-order valence-electron chi connectivity index (χ1n) is 12.2. The lowest BCUT2D eigenvalue weighted by atomic mass is 9.83. The Morgan fingerprint density at radius 1 is 0.941 bits per heavy atom. The Morgan fingerprint density at radius 2 is 1.53 bits per heavy atom. The lowest BCUT2D eigenvalue weighted by Gasteiger charge is -2.41. The molecule has 1 aliphatic carbocycles. The van der Waals surface area contributed by atoms with Crippen LogP contribution in [0.3, 0.4) is 0 Å². The first-order chi connectivity index (χ1) is 16.5. The molecule has 0 spiro atoms. The van der Waals surface area contributed by atoms with E-state index in [1.807, 2.05) is 54.6 Å². The highest BCUT2D eigenvalue weighted by atomic mass is 19.1. The molecule has 3 aromatic carbocycles. The number of hydrogen-bond donors (Lipinski definition) is 2. The summed E-state index contributed by atoms with van der Waals surface area (Å²) in [6.45, 7) is 1.38. The van der Waals surface area contributed by atoms with Crippen molar-refractivity contribution in [2.24, 2.45) is 5.92 Å². The largest absolute Gasteiger partial charge is 0.385 e. The fourth-order valence-corrected chi connectivity index (χ4v) is 5.06. The Kier molecular flexibility index (Phi) is 6.48. The molecule has 3 aromatic rings. The number of likely N-dealkylation sites (tertiary alicyclic amines) is 1. The number of anilines is 1.